The number of nitrogens with zero attached hydrogens (tertiary/aromatic N) is 4. The Morgan fingerprint density at radius 2 is 2.05 bits per heavy atom. The lowest BCUT2D eigenvalue weighted by Crippen LogP contribution is -2.26. The Hall–Kier alpha value is -3.80. The Bertz CT molecular complexity index is 1400. The summed E-state index contributed by atoms with van der Waals surface area (Å²) in [5, 5.41) is 16.6. The zero-order chi connectivity index (χ0) is 27.1. The number of methoxy groups -OCH3 is 1. The van der Waals surface area contributed by atoms with Crippen molar-refractivity contribution in [2.45, 2.75) is 46.1 Å². The molecule has 0 fully saturated rings. The van der Waals surface area contributed by atoms with Crippen LogP contribution in [0.1, 0.15) is 45.0 Å². The number of halogens is 1. The minimum atomic E-state index is -1.10. The molecule has 0 saturated heterocycles. The Balaban J connectivity index is 2.09. The second-order valence-corrected chi connectivity index (χ2v) is 8.91. The third kappa shape index (κ3) is 6.50. The van der Waals surface area contributed by atoms with E-state index in [1.807, 2.05) is 13.0 Å². The van der Waals surface area contributed by atoms with E-state index >= 15 is 0 Å². The molecular formula is C25H27BrN4O7. The molecular weight excluding hydrogens is 548 g/mol. The molecule has 37 heavy (non-hydrogen) atoms. The van der Waals surface area contributed by atoms with Gasteiger partial charge in [0, 0.05) is 22.5 Å². The molecule has 0 unspecified atom stereocenters. The lowest BCUT2D eigenvalue weighted by atomic mass is 10.1. The highest BCUT2D eigenvalue weighted by atomic mass is 79.9. The molecule has 1 aromatic heterocycles. The number of benzene rings is 2. The minimum Gasteiger partial charge on any atom is -0.493 e. The first-order chi connectivity index (χ1) is 17.7. The molecule has 12 heteroatoms. The fraction of sp³-hybridized carbons (Fsp3) is 0.360. The van der Waals surface area contributed by atoms with Crippen LogP contribution in [0.3, 0.4) is 0 Å². The number of rotatable bonds is 11. The molecule has 2 aromatic carbocycles. The van der Waals surface area contributed by atoms with E-state index in [-0.39, 0.29) is 29.2 Å². The van der Waals surface area contributed by atoms with Gasteiger partial charge in [0.15, 0.2) is 11.9 Å². The van der Waals surface area contributed by atoms with Crippen LogP contribution in [0.5, 0.6) is 11.5 Å². The van der Waals surface area contributed by atoms with E-state index < -0.39 is 22.7 Å². The van der Waals surface area contributed by atoms with Crippen LogP contribution < -0.4 is 15.0 Å². The van der Waals surface area contributed by atoms with Crippen molar-refractivity contribution < 1.29 is 23.9 Å². The molecule has 0 aliphatic carbocycles. The summed E-state index contributed by atoms with van der Waals surface area (Å²) in [4.78, 5) is 41.1. The largest absolute Gasteiger partial charge is 0.493 e. The predicted octanol–water partition coefficient (Wildman–Crippen LogP) is 4.63. The van der Waals surface area contributed by atoms with Crippen molar-refractivity contribution in [2.75, 3.05) is 13.7 Å². The van der Waals surface area contributed by atoms with Gasteiger partial charge in [-0.15, -0.1) is 0 Å². The number of esters is 1. The standard InChI is InChI=1S/C25H27BrN4O7/c1-5-7-8-22-28-19-10-9-17(26)13-18(19)24(31)29(22)27-14-16-11-20(30(33)34)23(21(12-16)35-4)37-15(3)25(32)36-6-2/h9-15H,5-8H2,1-4H3/t15-/m1/s1. The molecule has 0 spiro atoms. The van der Waals surface area contributed by atoms with E-state index in [1.54, 1.807) is 19.1 Å². The number of hydrogen-bond acceptors (Lipinski definition) is 9. The summed E-state index contributed by atoms with van der Waals surface area (Å²) >= 11 is 3.37. The maximum absolute atomic E-state index is 13.3. The zero-order valence-electron chi connectivity index (χ0n) is 20.9. The van der Waals surface area contributed by atoms with Crippen molar-refractivity contribution in [3.8, 4) is 11.5 Å². The number of nitro benzene ring substituents is 1. The molecule has 196 valence electrons. The average molecular weight is 575 g/mol. The number of hydrogen-bond donors (Lipinski definition) is 0. The van der Waals surface area contributed by atoms with Gasteiger partial charge in [-0.1, -0.05) is 29.3 Å². The van der Waals surface area contributed by atoms with E-state index in [9.17, 15) is 19.7 Å². The van der Waals surface area contributed by atoms with E-state index in [0.29, 0.717) is 23.1 Å². The molecule has 1 atom stereocenters. The van der Waals surface area contributed by atoms with Gasteiger partial charge in [0.1, 0.15) is 5.82 Å². The number of fused-ring (bicyclic) bond motifs is 1. The molecule has 0 bridgehead atoms. The smallest absolute Gasteiger partial charge is 0.347 e. The Morgan fingerprint density at radius 3 is 2.70 bits per heavy atom. The Morgan fingerprint density at radius 1 is 1.30 bits per heavy atom. The normalized spacial score (nSPS) is 12.0. The van der Waals surface area contributed by atoms with Gasteiger partial charge in [0.2, 0.25) is 5.75 Å². The first-order valence-corrected chi connectivity index (χ1v) is 12.4. The van der Waals surface area contributed by atoms with Crippen molar-refractivity contribution in [3.63, 3.8) is 0 Å². The van der Waals surface area contributed by atoms with Crippen molar-refractivity contribution in [3.05, 3.63) is 66.7 Å². The summed E-state index contributed by atoms with van der Waals surface area (Å²) in [7, 11) is 1.32. The van der Waals surface area contributed by atoms with Gasteiger partial charge in [-0.3, -0.25) is 14.9 Å². The fourth-order valence-electron chi connectivity index (χ4n) is 3.51. The molecule has 11 nitrogen and oxygen atoms in total. The van der Waals surface area contributed by atoms with Crippen LogP contribution in [-0.2, 0) is 16.0 Å². The first kappa shape index (κ1) is 27.8. The summed E-state index contributed by atoms with van der Waals surface area (Å²) in [6, 6.07) is 7.93. The molecule has 3 rings (SSSR count). The monoisotopic (exact) mass is 574 g/mol. The summed E-state index contributed by atoms with van der Waals surface area (Å²) in [6.07, 6.45) is 2.43. The number of aromatic nitrogens is 2. The zero-order valence-corrected chi connectivity index (χ0v) is 22.5. The first-order valence-electron chi connectivity index (χ1n) is 11.6. The minimum absolute atomic E-state index is 0.0194. The number of carbonyl (C=O) groups excluding carboxylic acids is 1. The number of nitro groups is 1. The van der Waals surface area contributed by atoms with Crippen LogP contribution in [0, 0.1) is 10.1 Å². The summed E-state index contributed by atoms with van der Waals surface area (Å²) in [5.41, 5.74) is 0.0389. The third-order valence-electron chi connectivity index (χ3n) is 5.34. The van der Waals surface area contributed by atoms with Crippen LogP contribution in [0.15, 0.2) is 44.7 Å². The van der Waals surface area contributed by atoms with Crippen LogP contribution in [0.2, 0.25) is 0 Å². The average Bonchev–Trinajstić information content (AvgIpc) is 2.87. The molecule has 0 aliphatic rings. The molecule has 0 radical (unpaired) electrons. The van der Waals surface area contributed by atoms with Crippen molar-refractivity contribution in [2.24, 2.45) is 5.10 Å². The topological polar surface area (TPSA) is 135 Å². The Kier molecular flexibility index (Phi) is 9.34. The lowest BCUT2D eigenvalue weighted by molar-refractivity contribution is -0.386. The van der Waals surface area contributed by atoms with Gasteiger partial charge in [0.05, 0.1) is 35.8 Å². The summed E-state index contributed by atoms with van der Waals surface area (Å²) in [6.45, 7) is 5.24. The summed E-state index contributed by atoms with van der Waals surface area (Å²) < 4.78 is 17.7. The lowest BCUT2D eigenvalue weighted by Gasteiger charge is -2.16. The second-order valence-electron chi connectivity index (χ2n) is 8.00. The SMILES string of the molecule is CCCCc1nc2ccc(Br)cc2c(=O)n1N=Cc1cc(OC)c(O[C@H](C)C(=O)OCC)c([N+](=O)[O-])c1. The van der Waals surface area contributed by atoms with Gasteiger partial charge in [0.25, 0.3) is 5.56 Å². The molecule has 0 aliphatic heterocycles. The van der Waals surface area contributed by atoms with E-state index in [2.05, 4.69) is 26.0 Å². The molecule has 1 heterocycles. The Labute approximate surface area is 221 Å². The molecule has 0 amide bonds. The van der Waals surface area contributed by atoms with E-state index in [0.717, 1.165) is 17.3 Å². The fourth-order valence-corrected chi connectivity index (χ4v) is 3.87. The van der Waals surface area contributed by atoms with E-state index in [1.165, 1.54) is 37.1 Å². The number of unbranched alkanes of at least 4 members (excludes halogenated alkanes) is 1. The molecule has 0 saturated carbocycles. The maximum Gasteiger partial charge on any atom is 0.347 e. The van der Waals surface area contributed by atoms with Gasteiger partial charge >= 0.3 is 11.7 Å². The third-order valence-corrected chi connectivity index (χ3v) is 5.83. The molecule has 3 aromatic rings. The second kappa shape index (κ2) is 12.4. The highest BCUT2D eigenvalue weighted by Gasteiger charge is 2.27. The number of carbonyl (C=O) groups is 1. The van der Waals surface area contributed by atoms with Gasteiger partial charge in [-0.05, 0) is 44.5 Å². The van der Waals surface area contributed by atoms with Crippen LogP contribution in [0.25, 0.3) is 10.9 Å². The van der Waals surface area contributed by atoms with Gasteiger partial charge in [-0.2, -0.15) is 9.78 Å². The highest BCUT2D eigenvalue weighted by Crippen LogP contribution is 2.38. The summed E-state index contributed by atoms with van der Waals surface area (Å²) in [5.74, 6) is -0.393. The van der Waals surface area contributed by atoms with Gasteiger partial charge in [-0.25, -0.2) is 9.78 Å². The highest BCUT2D eigenvalue weighted by molar-refractivity contribution is 9.10. The van der Waals surface area contributed by atoms with Crippen molar-refractivity contribution in [1.29, 1.82) is 0 Å². The predicted molar refractivity (Wildman–Crippen MR) is 142 cm³/mol. The van der Waals surface area contributed by atoms with E-state index in [4.69, 9.17) is 14.2 Å². The number of ether oxygens (including phenoxy) is 3. The van der Waals surface area contributed by atoms with Gasteiger partial charge < -0.3 is 14.2 Å². The van der Waals surface area contributed by atoms with Crippen LogP contribution >= 0.6 is 15.9 Å². The van der Waals surface area contributed by atoms with Crippen molar-refractivity contribution >= 4 is 44.7 Å². The van der Waals surface area contributed by atoms with Crippen LogP contribution in [-0.4, -0.2) is 46.6 Å². The number of aryl methyl sites for hydroxylation is 1. The van der Waals surface area contributed by atoms with Crippen molar-refractivity contribution in [1.82, 2.24) is 9.66 Å². The molecule has 0 N–H and O–H groups in total. The van der Waals surface area contributed by atoms with Crippen LogP contribution in [0.4, 0.5) is 5.69 Å². The quantitative estimate of drug-likeness (QED) is 0.140. The maximum atomic E-state index is 13.3.